The monoisotopic (exact) mass is 905 g/mol. The lowest BCUT2D eigenvalue weighted by molar-refractivity contribution is 0.436. The van der Waals surface area contributed by atoms with Crippen molar-refractivity contribution in [2.45, 2.75) is 10.8 Å². The number of hydrogen-bond acceptors (Lipinski definition) is 3. The van der Waals surface area contributed by atoms with Crippen molar-refractivity contribution >= 4 is 17.1 Å². The molecule has 11 aromatic rings. The van der Waals surface area contributed by atoms with Crippen molar-refractivity contribution in [3.05, 3.63) is 305 Å². The van der Waals surface area contributed by atoms with Crippen LogP contribution in [-0.2, 0) is 10.8 Å². The predicted molar refractivity (Wildman–Crippen MR) is 287 cm³/mol. The van der Waals surface area contributed by atoms with Crippen LogP contribution in [0.5, 0.6) is 23.0 Å². The molecular weight excluding hydrogens is 863 g/mol. The first-order chi connectivity index (χ1) is 35.2. The number of hydrogen-bond donors (Lipinski definition) is 0. The topological polar surface area (TPSA) is 21.7 Å². The molecule has 3 nitrogen and oxygen atoms in total. The number of benzene rings is 11. The SMILES string of the molecule is c1ccc(-c2ccc(-c3ccccc3N(c3ccc4c(c3)C3(c5ccccc5Oc5ccccc53)c3ccccc3-4)c3cccc4c3Oc3ccccc3C43c4ccccc4-c4ccccc43)cc2)cc1. The zero-order chi connectivity index (χ0) is 46.7. The van der Waals surface area contributed by atoms with E-state index in [-0.39, 0.29) is 0 Å². The minimum atomic E-state index is -0.654. The number of rotatable bonds is 5. The zero-order valence-corrected chi connectivity index (χ0v) is 38.6. The summed E-state index contributed by atoms with van der Waals surface area (Å²) in [6, 6.07) is 95.0. The summed E-state index contributed by atoms with van der Waals surface area (Å²) in [4.78, 5) is 2.46. The van der Waals surface area contributed by atoms with E-state index in [1.165, 1.54) is 55.6 Å². The molecule has 15 rings (SSSR count). The molecule has 3 heteroatoms. The molecule has 2 spiro atoms. The number of para-hydroxylation sites is 5. The normalized spacial score (nSPS) is 14.1. The van der Waals surface area contributed by atoms with Crippen LogP contribution in [0.2, 0.25) is 0 Å². The summed E-state index contributed by atoms with van der Waals surface area (Å²) in [5.74, 6) is 3.41. The van der Waals surface area contributed by atoms with Crippen molar-refractivity contribution in [1.82, 2.24) is 0 Å². The predicted octanol–water partition coefficient (Wildman–Crippen LogP) is 17.4. The average Bonchev–Trinajstić information content (AvgIpc) is 3.90. The Morgan fingerprint density at radius 1 is 0.254 bits per heavy atom. The van der Waals surface area contributed by atoms with Gasteiger partial charge in [-0.15, -0.1) is 0 Å². The zero-order valence-electron chi connectivity index (χ0n) is 38.6. The Kier molecular flexibility index (Phi) is 8.49. The summed E-state index contributed by atoms with van der Waals surface area (Å²) in [7, 11) is 0. The molecule has 0 N–H and O–H groups in total. The van der Waals surface area contributed by atoms with E-state index in [4.69, 9.17) is 9.47 Å². The van der Waals surface area contributed by atoms with E-state index in [1.54, 1.807) is 0 Å². The van der Waals surface area contributed by atoms with Gasteiger partial charge in [-0.3, -0.25) is 0 Å². The van der Waals surface area contributed by atoms with E-state index in [0.29, 0.717) is 0 Å². The second-order valence-electron chi connectivity index (χ2n) is 19.0. The van der Waals surface area contributed by atoms with E-state index in [1.807, 2.05) is 0 Å². The summed E-state index contributed by atoms with van der Waals surface area (Å²) in [5.41, 5.74) is 20.7. The van der Waals surface area contributed by atoms with E-state index in [2.05, 4.69) is 266 Å². The van der Waals surface area contributed by atoms with Gasteiger partial charge in [0.25, 0.3) is 0 Å². The number of nitrogens with zero attached hydrogens (tertiary/aromatic N) is 1. The van der Waals surface area contributed by atoms with Gasteiger partial charge in [-0.2, -0.15) is 0 Å². The van der Waals surface area contributed by atoms with E-state index < -0.39 is 10.8 Å². The van der Waals surface area contributed by atoms with Crippen molar-refractivity contribution < 1.29 is 9.47 Å². The van der Waals surface area contributed by atoms with Gasteiger partial charge in [-0.05, 0) is 104 Å². The van der Waals surface area contributed by atoms with Gasteiger partial charge in [0.1, 0.15) is 17.2 Å². The summed E-state index contributed by atoms with van der Waals surface area (Å²) in [6.45, 7) is 0. The first-order valence-electron chi connectivity index (χ1n) is 24.5. The largest absolute Gasteiger partial charge is 0.457 e. The molecule has 71 heavy (non-hydrogen) atoms. The van der Waals surface area contributed by atoms with Gasteiger partial charge in [0.15, 0.2) is 5.75 Å². The Morgan fingerprint density at radius 2 is 0.662 bits per heavy atom. The molecule has 0 saturated carbocycles. The quantitative estimate of drug-likeness (QED) is 0.172. The number of ether oxygens (including phenoxy) is 2. The van der Waals surface area contributed by atoms with Crippen LogP contribution in [0.25, 0.3) is 44.5 Å². The molecule has 4 aliphatic rings. The van der Waals surface area contributed by atoms with Crippen molar-refractivity contribution in [3.8, 4) is 67.5 Å². The standard InChI is InChI=1S/C68H43NO2/c1-2-19-44(20-3-1)45-37-39-46(40-38-45)48-21-7-14-32-61(48)69(47-41-42-52-51-24-6-10-27-55(51)68(60(52)43-47)56-28-11-15-34-63(56)70-64-35-16-12-29-57(64)68)62-33-18-31-59-66(62)71-65-36-17-13-30-58(65)67(59)53-25-8-4-22-49(53)50-23-5-9-26-54(50)67/h1-43H. The second-order valence-corrected chi connectivity index (χ2v) is 19.0. The summed E-state index contributed by atoms with van der Waals surface area (Å²) < 4.78 is 14.2. The van der Waals surface area contributed by atoms with Crippen LogP contribution < -0.4 is 14.4 Å². The van der Waals surface area contributed by atoms with Crippen LogP contribution in [-0.4, -0.2) is 0 Å². The molecule has 0 saturated heterocycles. The lowest BCUT2D eigenvalue weighted by Gasteiger charge is -2.41. The maximum absolute atomic E-state index is 7.45. The third-order valence-electron chi connectivity index (χ3n) is 15.6. The van der Waals surface area contributed by atoms with Crippen LogP contribution in [0.1, 0.15) is 44.5 Å². The lowest BCUT2D eigenvalue weighted by Crippen LogP contribution is -2.33. The van der Waals surface area contributed by atoms with Gasteiger partial charge in [0, 0.05) is 33.5 Å². The van der Waals surface area contributed by atoms with Crippen LogP contribution in [0, 0.1) is 0 Å². The highest BCUT2D eigenvalue weighted by molar-refractivity contribution is 5.96. The molecule has 0 aromatic heterocycles. The molecule has 0 radical (unpaired) electrons. The Labute approximate surface area is 413 Å². The first kappa shape index (κ1) is 39.8. The highest BCUT2D eigenvalue weighted by Crippen LogP contribution is 2.66. The minimum absolute atomic E-state index is 0.634. The maximum atomic E-state index is 7.45. The Hall–Kier alpha value is -9.18. The molecule has 0 bridgehead atoms. The smallest absolute Gasteiger partial charge is 0.156 e. The summed E-state index contributed by atoms with van der Waals surface area (Å²) in [5, 5.41) is 0. The van der Waals surface area contributed by atoms with Crippen molar-refractivity contribution in [3.63, 3.8) is 0 Å². The van der Waals surface area contributed by atoms with Crippen LogP contribution in [0.3, 0.4) is 0 Å². The highest BCUT2D eigenvalue weighted by Gasteiger charge is 2.53. The third kappa shape index (κ3) is 5.43. The number of fused-ring (bicyclic) bond motifs is 18. The summed E-state index contributed by atoms with van der Waals surface area (Å²) >= 11 is 0. The van der Waals surface area contributed by atoms with Gasteiger partial charge in [-0.1, -0.05) is 218 Å². The first-order valence-corrected chi connectivity index (χ1v) is 24.5. The second kappa shape index (κ2) is 15.2. The molecule has 0 fully saturated rings. The van der Waals surface area contributed by atoms with E-state index in [9.17, 15) is 0 Å². The van der Waals surface area contributed by atoms with Crippen LogP contribution in [0.15, 0.2) is 261 Å². The van der Waals surface area contributed by atoms with E-state index >= 15 is 0 Å². The van der Waals surface area contributed by atoms with Crippen LogP contribution in [0.4, 0.5) is 17.1 Å². The fraction of sp³-hybridized carbons (Fsp3) is 0.0294. The maximum Gasteiger partial charge on any atom is 0.156 e. The molecule has 332 valence electrons. The average molecular weight is 906 g/mol. The lowest BCUT2D eigenvalue weighted by atomic mass is 9.66. The molecule has 0 unspecified atom stereocenters. The number of anilines is 3. The molecular formula is C68H43NO2. The van der Waals surface area contributed by atoms with Gasteiger partial charge >= 0.3 is 0 Å². The Balaban J connectivity index is 1.02. The molecule has 0 atom stereocenters. The van der Waals surface area contributed by atoms with Crippen LogP contribution >= 0.6 is 0 Å². The molecule has 0 amide bonds. The van der Waals surface area contributed by atoms with Crippen molar-refractivity contribution in [2.75, 3.05) is 4.90 Å². The summed E-state index contributed by atoms with van der Waals surface area (Å²) in [6.07, 6.45) is 0. The highest BCUT2D eigenvalue weighted by atomic mass is 16.5. The molecule has 2 heterocycles. The van der Waals surface area contributed by atoms with Gasteiger partial charge < -0.3 is 14.4 Å². The Morgan fingerprint density at radius 3 is 1.25 bits per heavy atom. The van der Waals surface area contributed by atoms with Gasteiger partial charge in [-0.25, -0.2) is 0 Å². The third-order valence-corrected chi connectivity index (χ3v) is 15.6. The Bertz CT molecular complexity index is 3870. The van der Waals surface area contributed by atoms with Crippen molar-refractivity contribution in [1.29, 1.82) is 0 Å². The molecule has 2 aliphatic heterocycles. The van der Waals surface area contributed by atoms with Crippen molar-refractivity contribution in [2.24, 2.45) is 0 Å². The molecule has 2 aliphatic carbocycles. The van der Waals surface area contributed by atoms with E-state index in [0.717, 1.165) is 73.4 Å². The van der Waals surface area contributed by atoms with Gasteiger partial charge in [0.05, 0.1) is 22.2 Å². The fourth-order valence-corrected chi connectivity index (χ4v) is 12.8. The minimum Gasteiger partial charge on any atom is -0.457 e. The molecule has 11 aromatic carbocycles. The fourth-order valence-electron chi connectivity index (χ4n) is 12.8. The van der Waals surface area contributed by atoms with Gasteiger partial charge in [0.2, 0.25) is 0 Å².